The minimum atomic E-state index is -0.721. The summed E-state index contributed by atoms with van der Waals surface area (Å²) in [5, 5.41) is 11.8. The van der Waals surface area contributed by atoms with Crippen LogP contribution in [0.15, 0.2) is 18.2 Å². The van der Waals surface area contributed by atoms with Crippen LogP contribution in [0.2, 0.25) is 0 Å². The number of carbonyl (C=O) groups excluding carboxylic acids is 1. The fourth-order valence-electron chi connectivity index (χ4n) is 2.23. The van der Waals surface area contributed by atoms with Gasteiger partial charge >= 0.3 is 0 Å². The molecule has 2 rings (SSSR count). The maximum atomic E-state index is 13.4. The van der Waals surface area contributed by atoms with Crippen LogP contribution in [0, 0.1) is 11.7 Å². The Balaban J connectivity index is 1.95. The molecule has 5 heteroatoms. The number of amides is 1. The fraction of sp³-hybridized carbons (Fsp3) is 0.462. The van der Waals surface area contributed by atoms with Crippen molar-refractivity contribution in [3.05, 3.63) is 29.6 Å². The third-order valence-electron chi connectivity index (χ3n) is 3.29. The molecule has 1 saturated carbocycles. The summed E-state index contributed by atoms with van der Waals surface area (Å²) >= 11 is 6.10. The van der Waals surface area contributed by atoms with Crippen LogP contribution in [0.1, 0.15) is 29.6 Å². The highest BCUT2D eigenvalue weighted by Gasteiger charge is 2.25. The number of hydrogen-bond donors (Lipinski definition) is 2. The van der Waals surface area contributed by atoms with Crippen molar-refractivity contribution in [3.8, 4) is 5.75 Å². The van der Waals surface area contributed by atoms with Crippen LogP contribution in [0.3, 0.4) is 0 Å². The summed E-state index contributed by atoms with van der Waals surface area (Å²) in [5.74, 6) is -1.12. The number of phenols is 1. The van der Waals surface area contributed by atoms with E-state index >= 15 is 0 Å². The van der Waals surface area contributed by atoms with Crippen LogP contribution in [0.25, 0.3) is 0 Å². The standard InChI is InChI=1S/C13H15ClFNO2/c14-11-3-1-2-8(11)7-16-13(18)10-5-4-9(17)6-12(10)15/h4-6,8,11,17H,1-3,7H2,(H,16,18). The Morgan fingerprint density at radius 3 is 2.89 bits per heavy atom. The van der Waals surface area contributed by atoms with E-state index in [2.05, 4.69) is 5.32 Å². The minimum absolute atomic E-state index is 0.0584. The molecule has 0 bridgehead atoms. The van der Waals surface area contributed by atoms with E-state index < -0.39 is 11.7 Å². The molecule has 0 spiro atoms. The number of nitrogens with one attached hydrogen (secondary N) is 1. The van der Waals surface area contributed by atoms with Crippen molar-refractivity contribution in [2.24, 2.45) is 5.92 Å². The molecule has 0 aromatic heterocycles. The van der Waals surface area contributed by atoms with E-state index in [1.807, 2.05) is 0 Å². The van der Waals surface area contributed by atoms with E-state index in [0.29, 0.717) is 6.54 Å². The molecule has 1 fully saturated rings. The predicted molar refractivity (Wildman–Crippen MR) is 67.4 cm³/mol. The van der Waals surface area contributed by atoms with E-state index in [1.54, 1.807) is 0 Å². The monoisotopic (exact) mass is 271 g/mol. The topological polar surface area (TPSA) is 49.3 Å². The molecule has 0 aliphatic heterocycles. The SMILES string of the molecule is O=C(NCC1CCCC1Cl)c1ccc(O)cc1F. The molecule has 2 atom stereocenters. The highest BCUT2D eigenvalue weighted by atomic mass is 35.5. The number of phenolic OH excluding ortho intramolecular Hbond substituents is 1. The van der Waals surface area contributed by atoms with Gasteiger partial charge in [-0.3, -0.25) is 4.79 Å². The van der Waals surface area contributed by atoms with Gasteiger partial charge in [0.25, 0.3) is 5.91 Å². The zero-order valence-electron chi connectivity index (χ0n) is 9.83. The zero-order valence-corrected chi connectivity index (χ0v) is 10.6. The molecule has 1 aliphatic carbocycles. The molecule has 0 saturated heterocycles. The van der Waals surface area contributed by atoms with Crippen LogP contribution in [-0.4, -0.2) is 22.9 Å². The normalized spacial score (nSPS) is 23.0. The van der Waals surface area contributed by atoms with Gasteiger partial charge in [-0.25, -0.2) is 4.39 Å². The number of aromatic hydroxyl groups is 1. The van der Waals surface area contributed by atoms with Crippen LogP contribution in [0.5, 0.6) is 5.75 Å². The van der Waals surface area contributed by atoms with Gasteiger partial charge in [-0.2, -0.15) is 0 Å². The van der Waals surface area contributed by atoms with E-state index in [1.165, 1.54) is 12.1 Å². The first-order chi connectivity index (χ1) is 8.58. The maximum Gasteiger partial charge on any atom is 0.254 e. The third-order valence-corrected chi connectivity index (χ3v) is 3.86. The number of alkyl halides is 1. The average molecular weight is 272 g/mol. The molecule has 2 N–H and O–H groups in total. The Morgan fingerprint density at radius 2 is 2.28 bits per heavy atom. The van der Waals surface area contributed by atoms with Crippen molar-refractivity contribution in [2.45, 2.75) is 24.6 Å². The summed E-state index contributed by atoms with van der Waals surface area (Å²) in [6.07, 6.45) is 3.03. The number of hydrogen-bond acceptors (Lipinski definition) is 2. The van der Waals surface area contributed by atoms with Gasteiger partial charge in [0.1, 0.15) is 11.6 Å². The number of benzene rings is 1. The van der Waals surface area contributed by atoms with Crippen LogP contribution >= 0.6 is 11.6 Å². The predicted octanol–water partition coefficient (Wildman–Crippen LogP) is 2.67. The van der Waals surface area contributed by atoms with E-state index in [4.69, 9.17) is 16.7 Å². The van der Waals surface area contributed by atoms with Gasteiger partial charge < -0.3 is 10.4 Å². The van der Waals surface area contributed by atoms with Gasteiger partial charge in [-0.15, -0.1) is 11.6 Å². The van der Waals surface area contributed by atoms with Crippen molar-refractivity contribution in [1.29, 1.82) is 0 Å². The molecule has 18 heavy (non-hydrogen) atoms. The molecular weight excluding hydrogens is 257 g/mol. The summed E-state index contributed by atoms with van der Waals surface area (Å²) in [6, 6.07) is 3.49. The Labute approximate surface area is 110 Å². The van der Waals surface area contributed by atoms with Crippen molar-refractivity contribution in [1.82, 2.24) is 5.32 Å². The largest absolute Gasteiger partial charge is 0.508 e. The molecular formula is C13H15ClFNO2. The van der Waals surface area contributed by atoms with Gasteiger partial charge in [0.2, 0.25) is 0 Å². The third kappa shape index (κ3) is 2.93. The molecule has 0 heterocycles. The second kappa shape index (κ2) is 5.57. The minimum Gasteiger partial charge on any atom is -0.508 e. The second-order valence-electron chi connectivity index (χ2n) is 4.58. The smallest absolute Gasteiger partial charge is 0.254 e. The lowest BCUT2D eigenvalue weighted by molar-refractivity contribution is 0.0943. The fourth-order valence-corrected chi connectivity index (χ4v) is 2.60. The van der Waals surface area contributed by atoms with Gasteiger partial charge in [0, 0.05) is 18.0 Å². The lowest BCUT2D eigenvalue weighted by Gasteiger charge is -2.14. The van der Waals surface area contributed by atoms with Gasteiger partial charge in [0.05, 0.1) is 5.56 Å². The number of carbonyl (C=O) groups is 1. The highest BCUT2D eigenvalue weighted by Crippen LogP contribution is 2.29. The molecule has 1 aromatic carbocycles. The molecule has 98 valence electrons. The number of halogens is 2. The molecule has 1 amide bonds. The molecule has 1 aliphatic rings. The van der Waals surface area contributed by atoms with Gasteiger partial charge in [-0.1, -0.05) is 6.42 Å². The van der Waals surface area contributed by atoms with Crippen molar-refractivity contribution in [2.75, 3.05) is 6.54 Å². The van der Waals surface area contributed by atoms with E-state index in [0.717, 1.165) is 25.3 Å². The van der Waals surface area contributed by atoms with Crippen LogP contribution in [0.4, 0.5) is 4.39 Å². The molecule has 2 unspecified atom stereocenters. The van der Waals surface area contributed by atoms with Crippen LogP contribution < -0.4 is 5.32 Å². The first-order valence-corrected chi connectivity index (χ1v) is 6.42. The Bertz CT molecular complexity index is 453. The van der Waals surface area contributed by atoms with E-state index in [-0.39, 0.29) is 22.6 Å². The van der Waals surface area contributed by atoms with Crippen molar-refractivity contribution >= 4 is 17.5 Å². The van der Waals surface area contributed by atoms with Crippen molar-refractivity contribution < 1.29 is 14.3 Å². The highest BCUT2D eigenvalue weighted by molar-refractivity contribution is 6.21. The van der Waals surface area contributed by atoms with Gasteiger partial charge in [0.15, 0.2) is 0 Å². The zero-order chi connectivity index (χ0) is 13.1. The first-order valence-electron chi connectivity index (χ1n) is 5.98. The lowest BCUT2D eigenvalue weighted by atomic mass is 10.1. The Hall–Kier alpha value is -1.29. The summed E-state index contributed by atoms with van der Waals surface area (Å²) < 4.78 is 13.4. The molecule has 3 nitrogen and oxygen atoms in total. The summed E-state index contributed by atoms with van der Waals surface area (Å²) in [5.41, 5.74) is -0.0584. The summed E-state index contributed by atoms with van der Waals surface area (Å²) in [6.45, 7) is 0.466. The quantitative estimate of drug-likeness (QED) is 0.831. The van der Waals surface area contributed by atoms with Crippen molar-refractivity contribution in [3.63, 3.8) is 0 Å². The Kier molecular flexibility index (Phi) is 4.07. The number of rotatable bonds is 3. The molecule has 0 radical (unpaired) electrons. The average Bonchev–Trinajstić information content (AvgIpc) is 2.72. The lowest BCUT2D eigenvalue weighted by Crippen LogP contribution is -2.31. The first kappa shape index (κ1) is 13.1. The Morgan fingerprint density at radius 1 is 1.50 bits per heavy atom. The summed E-state index contributed by atoms with van der Waals surface area (Å²) in [7, 11) is 0. The second-order valence-corrected chi connectivity index (χ2v) is 5.14. The van der Waals surface area contributed by atoms with E-state index in [9.17, 15) is 9.18 Å². The summed E-state index contributed by atoms with van der Waals surface area (Å²) in [4.78, 5) is 11.8. The maximum absolute atomic E-state index is 13.4. The van der Waals surface area contributed by atoms with Crippen LogP contribution in [-0.2, 0) is 0 Å². The van der Waals surface area contributed by atoms with Gasteiger partial charge in [-0.05, 0) is 30.9 Å². The molecule has 1 aromatic rings.